The zero-order valence-corrected chi connectivity index (χ0v) is 15.4. The van der Waals surface area contributed by atoms with E-state index in [1.54, 1.807) is 6.20 Å². The molecule has 0 aliphatic heterocycles. The third-order valence-electron chi connectivity index (χ3n) is 3.79. The lowest BCUT2D eigenvalue weighted by Crippen LogP contribution is -2.12. The van der Waals surface area contributed by atoms with Gasteiger partial charge < -0.3 is 9.72 Å². The number of benzene rings is 1. The fourth-order valence-electron chi connectivity index (χ4n) is 2.66. The van der Waals surface area contributed by atoms with Crippen LogP contribution in [0.3, 0.4) is 0 Å². The summed E-state index contributed by atoms with van der Waals surface area (Å²) in [7, 11) is 0. The van der Waals surface area contributed by atoms with E-state index in [1.165, 1.54) is 11.3 Å². The number of pyridine rings is 2. The van der Waals surface area contributed by atoms with Gasteiger partial charge in [0.25, 0.3) is 5.56 Å². The van der Waals surface area contributed by atoms with Crippen LogP contribution in [0.2, 0.25) is 0 Å². The van der Waals surface area contributed by atoms with E-state index in [1.807, 2.05) is 53.9 Å². The SMILES string of the molecule is O=c1[nH]c2ccc(Br)cc2c(OCc2ccccn2)c1-c1cccs1. The molecule has 0 bridgehead atoms. The molecule has 0 unspecified atom stereocenters. The number of halogens is 1. The normalized spacial score (nSPS) is 10.9. The molecule has 3 heterocycles. The highest BCUT2D eigenvalue weighted by atomic mass is 79.9. The molecule has 0 fully saturated rings. The number of nitrogens with one attached hydrogen (secondary N) is 1. The number of H-pyrrole nitrogens is 1. The maximum atomic E-state index is 12.7. The standard InChI is InChI=1S/C19H13BrN2O2S/c20-12-6-7-15-14(10-12)18(24-11-13-4-1-2-8-21-13)17(19(23)22-15)16-5-3-9-25-16/h1-10H,11H2,(H,22,23). The van der Waals surface area contributed by atoms with Crippen LogP contribution in [-0.2, 0) is 6.61 Å². The molecule has 0 aliphatic rings. The Morgan fingerprint density at radius 3 is 2.84 bits per heavy atom. The molecule has 4 aromatic rings. The van der Waals surface area contributed by atoms with Crippen molar-refractivity contribution < 1.29 is 4.74 Å². The molecule has 6 heteroatoms. The minimum absolute atomic E-state index is 0.159. The smallest absolute Gasteiger partial charge is 0.260 e. The number of aromatic amines is 1. The van der Waals surface area contributed by atoms with Gasteiger partial charge in [0.2, 0.25) is 0 Å². The average Bonchev–Trinajstić information content (AvgIpc) is 3.15. The Morgan fingerprint density at radius 1 is 1.16 bits per heavy atom. The highest BCUT2D eigenvalue weighted by Gasteiger charge is 2.17. The van der Waals surface area contributed by atoms with Gasteiger partial charge in [0.15, 0.2) is 0 Å². The fourth-order valence-corrected chi connectivity index (χ4v) is 3.79. The molecular weight excluding hydrogens is 400 g/mol. The van der Waals surface area contributed by atoms with Crippen molar-refractivity contribution in [2.24, 2.45) is 0 Å². The van der Waals surface area contributed by atoms with Crippen molar-refractivity contribution in [3.8, 4) is 16.2 Å². The summed E-state index contributed by atoms with van der Waals surface area (Å²) in [5.41, 5.74) is 1.94. The summed E-state index contributed by atoms with van der Waals surface area (Å²) in [6.45, 7) is 0.296. The lowest BCUT2D eigenvalue weighted by molar-refractivity contribution is 0.306. The van der Waals surface area contributed by atoms with Gasteiger partial charge in [0, 0.05) is 20.9 Å². The lowest BCUT2D eigenvalue weighted by Gasteiger charge is -2.13. The monoisotopic (exact) mass is 412 g/mol. The number of rotatable bonds is 4. The number of hydrogen-bond acceptors (Lipinski definition) is 4. The molecule has 0 spiro atoms. The van der Waals surface area contributed by atoms with Crippen molar-refractivity contribution >= 4 is 38.2 Å². The quantitative estimate of drug-likeness (QED) is 0.513. The average molecular weight is 413 g/mol. The summed E-state index contributed by atoms with van der Waals surface area (Å²) in [5.74, 6) is 0.577. The number of nitrogens with zero attached hydrogens (tertiary/aromatic N) is 1. The molecule has 124 valence electrons. The molecule has 4 rings (SSSR count). The molecule has 0 amide bonds. The van der Waals surface area contributed by atoms with Gasteiger partial charge in [-0.15, -0.1) is 11.3 Å². The van der Waals surface area contributed by atoms with Gasteiger partial charge in [0.05, 0.1) is 16.8 Å². The fraction of sp³-hybridized carbons (Fsp3) is 0.0526. The summed E-state index contributed by atoms with van der Waals surface area (Å²) in [6, 6.07) is 15.2. The second-order valence-electron chi connectivity index (χ2n) is 5.44. The Kier molecular flexibility index (Phi) is 4.38. The lowest BCUT2D eigenvalue weighted by atomic mass is 10.1. The molecule has 4 nitrogen and oxygen atoms in total. The molecule has 1 N–H and O–H groups in total. The van der Waals surface area contributed by atoms with E-state index in [0.717, 1.165) is 25.9 Å². The number of aromatic nitrogens is 2. The van der Waals surface area contributed by atoms with E-state index in [9.17, 15) is 4.79 Å². The minimum atomic E-state index is -0.159. The van der Waals surface area contributed by atoms with Gasteiger partial charge in [-0.1, -0.05) is 28.1 Å². The Balaban J connectivity index is 1.90. The minimum Gasteiger partial charge on any atom is -0.486 e. The Hall–Kier alpha value is -2.44. The van der Waals surface area contributed by atoms with Gasteiger partial charge >= 0.3 is 0 Å². The first-order valence-electron chi connectivity index (χ1n) is 7.64. The highest BCUT2D eigenvalue weighted by Crippen LogP contribution is 2.36. The highest BCUT2D eigenvalue weighted by molar-refractivity contribution is 9.10. The van der Waals surface area contributed by atoms with Crippen molar-refractivity contribution in [1.29, 1.82) is 0 Å². The van der Waals surface area contributed by atoms with E-state index >= 15 is 0 Å². The molecule has 0 radical (unpaired) electrons. The van der Waals surface area contributed by atoms with Crippen LogP contribution >= 0.6 is 27.3 Å². The van der Waals surface area contributed by atoms with Crippen molar-refractivity contribution in [3.63, 3.8) is 0 Å². The van der Waals surface area contributed by atoms with Crippen molar-refractivity contribution in [3.05, 3.63) is 80.6 Å². The molecule has 0 aliphatic carbocycles. The van der Waals surface area contributed by atoms with Gasteiger partial charge in [-0.3, -0.25) is 9.78 Å². The van der Waals surface area contributed by atoms with Crippen LogP contribution < -0.4 is 10.3 Å². The maximum Gasteiger partial charge on any atom is 0.260 e. The van der Waals surface area contributed by atoms with Gasteiger partial charge in [0.1, 0.15) is 12.4 Å². The summed E-state index contributed by atoms with van der Waals surface area (Å²) in [5, 5.41) is 2.80. The van der Waals surface area contributed by atoms with Crippen LogP contribution in [0.5, 0.6) is 5.75 Å². The summed E-state index contributed by atoms with van der Waals surface area (Å²) in [4.78, 5) is 20.8. The number of thiophene rings is 1. The van der Waals surface area contributed by atoms with Crippen molar-refractivity contribution in [2.45, 2.75) is 6.61 Å². The second kappa shape index (κ2) is 6.82. The summed E-state index contributed by atoms with van der Waals surface area (Å²) < 4.78 is 7.02. The molecule has 25 heavy (non-hydrogen) atoms. The molecule has 3 aromatic heterocycles. The Morgan fingerprint density at radius 2 is 2.08 bits per heavy atom. The van der Waals surface area contributed by atoms with Gasteiger partial charge in [-0.2, -0.15) is 0 Å². The molecule has 1 aromatic carbocycles. The third-order valence-corrected chi connectivity index (χ3v) is 5.17. The summed E-state index contributed by atoms with van der Waals surface area (Å²) >= 11 is 5.01. The molecule has 0 saturated carbocycles. The Labute approximate surface area is 156 Å². The predicted octanol–water partition coefficient (Wildman–Crippen LogP) is 4.99. The predicted molar refractivity (Wildman–Crippen MR) is 104 cm³/mol. The van der Waals surface area contributed by atoms with Crippen molar-refractivity contribution in [2.75, 3.05) is 0 Å². The van der Waals surface area contributed by atoms with Crippen LogP contribution in [0, 0.1) is 0 Å². The van der Waals surface area contributed by atoms with Crippen LogP contribution in [0.4, 0.5) is 0 Å². The number of hydrogen-bond donors (Lipinski definition) is 1. The third kappa shape index (κ3) is 3.23. The van der Waals surface area contributed by atoms with Crippen LogP contribution in [0.1, 0.15) is 5.69 Å². The zero-order chi connectivity index (χ0) is 17.2. The molecule has 0 atom stereocenters. The topological polar surface area (TPSA) is 55.0 Å². The van der Waals surface area contributed by atoms with E-state index in [4.69, 9.17) is 4.74 Å². The van der Waals surface area contributed by atoms with Crippen LogP contribution in [-0.4, -0.2) is 9.97 Å². The van der Waals surface area contributed by atoms with E-state index < -0.39 is 0 Å². The largest absolute Gasteiger partial charge is 0.486 e. The van der Waals surface area contributed by atoms with E-state index in [-0.39, 0.29) is 5.56 Å². The first kappa shape index (κ1) is 16.1. The van der Waals surface area contributed by atoms with Gasteiger partial charge in [-0.05, 0) is 41.8 Å². The van der Waals surface area contributed by atoms with E-state index in [2.05, 4.69) is 25.9 Å². The van der Waals surface area contributed by atoms with Gasteiger partial charge in [-0.25, -0.2) is 0 Å². The molecule has 0 saturated heterocycles. The second-order valence-corrected chi connectivity index (χ2v) is 7.30. The maximum absolute atomic E-state index is 12.7. The van der Waals surface area contributed by atoms with Crippen LogP contribution in [0.25, 0.3) is 21.3 Å². The first-order chi connectivity index (χ1) is 12.2. The number of ether oxygens (including phenoxy) is 1. The van der Waals surface area contributed by atoms with Crippen LogP contribution in [0.15, 0.2) is 69.4 Å². The van der Waals surface area contributed by atoms with Crippen molar-refractivity contribution in [1.82, 2.24) is 9.97 Å². The Bertz CT molecular complexity index is 1080. The summed E-state index contributed by atoms with van der Waals surface area (Å²) in [6.07, 6.45) is 1.73. The molecular formula is C19H13BrN2O2S. The number of fused-ring (bicyclic) bond motifs is 1. The zero-order valence-electron chi connectivity index (χ0n) is 13.0. The first-order valence-corrected chi connectivity index (χ1v) is 9.32. The van der Waals surface area contributed by atoms with E-state index in [0.29, 0.717) is 17.9 Å².